The van der Waals surface area contributed by atoms with E-state index in [1.807, 2.05) is 48.5 Å². The summed E-state index contributed by atoms with van der Waals surface area (Å²) >= 11 is 6.30. The van der Waals surface area contributed by atoms with Crippen LogP contribution in [0.2, 0.25) is 0 Å². The van der Waals surface area contributed by atoms with Crippen LogP contribution in [0.15, 0.2) is 103 Å². The Hall–Kier alpha value is -5.90. The van der Waals surface area contributed by atoms with Gasteiger partial charge in [-0.2, -0.15) is 0 Å². The molecule has 338 valence electrons. The van der Waals surface area contributed by atoms with Crippen LogP contribution in [0.5, 0.6) is 5.75 Å². The summed E-state index contributed by atoms with van der Waals surface area (Å²) in [4.78, 5) is 65.4. The third-order valence-corrected chi connectivity index (χ3v) is 10.9. The molecule has 0 spiro atoms. The highest BCUT2D eigenvalue weighted by atomic mass is 35.5. The molecule has 5 amide bonds. The number of nitrogens with zero attached hydrogens (tertiary/aromatic N) is 2. The minimum Gasteiger partial charge on any atom is -0.492 e. The van der Waals surface area contributed by atoms with Crippen molar-refractivity contribution in [3.05, 3.63) is 131 Å². The molecule has 0 radical (unpaired) electrons. The van der Waals surface area contributed by atoms with Gasteiger partial charge in [0.2, 0.25) is 17.7 Å². The van der Waals surface area contributed by atoms with Crippen LogP contribution in [0.25, 0.3) is 11.1 Å². The van der Waals surface area contributed by atoms with Gasteiger partial charge in [-0.05, 0) is 64.9 Å². The second kappa shape index (κ2) is 24.8. The number of carbonyl (C=O) groups excluding carboxylic acids is 5. The Kier molecular flexibility index (Phi) is 18.4. The van der Waals surface area contributed by atoms with Crippen LogP contribution in [0, 0.1) is 0 Å². The summed E-state index contributed by atoms with van der Waals surface area (Å²) in [6, 6.07) is 32.6. The Bertz CT molecular complexity index is 2220. The van der Waals surface area contributed by atoms with Crippen molar-refractivity contribution in [3.8, 4) is 5.75 Å². The molecular formula is C49H55ClN4O10. The van der Waals surface area contributed by atoms with E-state index >= 15 is 0 Å². The molecule has 0 bridgehead atoms. The summed E-state index contributed by atoms with van der Waals surface area (Å²) in [5, 5.41) is 5.34. The molecule has 2 heterocycles. The fraction of sp³-hybridized carbons (Fsp3) is 0.367. The van der Waals surface area contributed by atoms with E-state index in [0.717, 1.165) is 39.3 Å². The first-order chi connectivity index (χ1) is 31.3. The molecule has 0 saturated carbocycles. The number of piperidine rings is 1. The molecule has 2 aliphatic heterocycles. The summed E-state index contributed by atoms with van der Waals surface area (Å²) < 4.78 is 28.3. The summed E-state index contributed by atoms with van der Waals surface area (Å²) in [5.74, 6) is -1.01. The van der Waals surface area contributed by atoms with E-state index in [1.165, 1.54) is 5.57 Å². The number of hydrogen-bond acceptors (Lipinski definition) is 11. The van der Waals surface area contributed by atoms with E-state index < -0.39 is 29.7 Å². The molecular weight excluding hydrogens is 840 g/mol. The van der Waals surface area contributed by atoms with Crippen molar-refractivity contribution >= 4 is 58.0 Å². The van der Waals surface area contributed by atoms with Gasteiger partial charge in [0.15, 0.2) is 0 Å². The lowest BCUT2D eigenvalue weighted by Crippen LogP contribution is -2.54. The number of amides is 5. The van der Waals surface area contributed by atoms with Crippen LogP contribution in [-0.4, -0.2) is 131 Å². The van der Waals surface area contributed by atoms with Crippen molar-refractivity contribution in [3.63, 3.8) is 0 Å². The summed E-state index contributed by atoms with van der Waals surface area (Å²) in [5.41, 5.74) is 6.52. The highest BCUT2D eigenvalue weighted by Crippen LogP contribution is 2.36. The number of nitrogens with one attached hydrogen (secondary N) is 2. The number of benzene rings is 4. The van der Waals surface area contributed by atoms with Gasteiger partial charge in [0, 0.05) is 31.6 Å². The number of allylic oxidation sites excluding steroid dienone is 1. The maximum absolute atomic E-state index is 13.2. The highest BCUT2D eigenvalue weighted by molar-refractivity contribution is 6.25. The van der Waals surface area contributed by atoms with Crippen LogP contribution in [0.1, 0.15) is 63.1 Å². The summed E-state index contributed by atoms with van der Waals surface area (Å²) in [6.07, 6.45) is 1.13. The van der Waals surface area contributed by atoms with Gasteiger partial charge in [0.1, 0.15) is 18.4 Å². The molecule has 6 rings (SSSR count). The average Bonchev–Trinajstić information content (AvgIpc) is 3.57. The molecule has 1 atom stereocenters. The molecule has 1 unspecified atom stereocenters. The molecule has 0 aromatic heterocycles. The number of carbonyl (C=O) groups is 5. The lowest BCUT2D eigenvalue weighted by molar-refractivity contribution is -0.136. The zero-order chi connectivity index (χ0) is 45.1. The van der Waals surface area contributed by atoms with Gasteiger partial charge >= 0.3 is 0 Å². The third-order valence-electron chi connectivity index (χ3n) is 10.7. The smallest absolute Gasteiger partial charge is 0.264 e. The predicted octanol–water partition coefficient (Wildman–Crippen LogP) is 6.08. The van der Waals surface area contributed by atoms with Gasteiger partial charge in [0.05, 0.1) is 76.9 Å². The topological polar surface area (TPSA) is 162 Å². The first-order valence-corrected chi connectivity index (χ1v) is 22.1. The third kappa shape index (κ3) is 13.1. The Morgan fingerprint density at radius 2 is 1.31 bits per heavy atom. The number of rotatable bonds is 26. The van der Waals surface area contributed by atoms with Crippen molar-refractivity contribution < 1.29 is 47.7 Å². The van der Waals surface area contributed by atoms with Gasteiger partial charge in [-0.1, -0.05) is 78.9 Å². The number of halogens is 1. The fourth-order valence-corrected chi connectivity index (χ4v) is 7.63. The normalized spacial score (nSPS) is 15.2. The van der Waals surface area contributed by atoms with Crippen LogP contribution < -0.4 is 15.4 Å². The molecule has 1 fully saturated rings. The van der Waals surface area contributed by atoms with E-state index in [0.29, 0.717) is 77.5 Å². The van der Waals surface area contributed by atoms with Gasteiger partial charge in [-0.15, -0.1) is 11.6 Å². The van der Waals surface area contributed by atoms with Crippen LogP contribution in [-0.2, 0) is 33.3 Å². The van der Waals surface area contributed by atoms with Crippen LogP contribution in [0.4, 0.5) is 5.69 Å². The van der Waals surface area contributed by atoms with Crippen molar-refractivity contribution in [2.75, 3.05) is 90.8 Å². The maximum Gasteiger partial charge on any atom is 0.264 e. The average molecular weight is 895 g/mol. The molecule has 2 aliphatic rings. The number of anilines is 1. The Labute approximate surface area is 378 Å². The summed E-state index contributed by atoms with van der Waals surface area (Å²) in [7, 11) is 1.75. The second-order valence-electron chi connectivity index (χ2n) is 15.0. The number of ether oxygens (including phenoxy) is 5. The Morgan fingerprint density at radius 3 is 1.95 bits per heavy atom. The van der Waals surface area contributed by atoms with Crippen LogP contribution in [0.3, 0.4) is 0 Å². The van der Waals surface area contributed by atoms with E-state index in [4.69, 9.17) is 35.3 Å². The molecule has 14 nitrogen and oxygen atoms in total. The monoisotopic (exact) mass is 894 g/mol. The van der Waals surface area contributed by atoms with E-state index in [1.54, 1.807) is 30.1 Å². The lowest BCUT2D eigenvalue weighted by Gasteiger charge is -2.27. The minimum absolute atomic E-state index is 0.0369. The minimum atomic E-state index is -1.02. The first-order valence-electron chi connectivity index (χ1n) is 21.5. The van der Waals surface area contributed by atoms with Gasteiger partial charge in [-0.25, -0.2) is 0 Å². The number of alkyl halides is 1. The molecule has 4 aromatic carbocycles. The molecule has 0 aliphatic carbocycles. The highest BCUT2D eigenvalue weighted by Gasteiger charge is 2.45. The molecule has 4 aromatic rings. The number of imide groups is 2. The van der Waals surface area contributed by atoms with E-state index in [-0.39, 0.29) is 42.9 Å². The van der Waals surface area contributed by atoms with Crippen molar-refractivity contribution in [2.24, 2.45) is 0 Å². The van der Waals surface area contributed by atoms with Crippen molar-refractivity contribution in [2.45, 2.75) is 31.7 Å². The number of hydrogen-bond donors (Lipinski definition) is 2. The number of fused-ring (bicyclic) bond motifs is 1. The lowest BCUT2D eigenvalue weighted by atomic mass is 9.88. The molecule has 15 heteroatoms. The quantitative estimate of drug-likeness (QED) is 0.0325. The predicted molar refractivity (Wildman–Crippen MR) is 243 cm³/mol. The Balaban J connectivity index is 0.784. The number of likely N-dealkylation sites (N-methyl/N-ethyl adjacent to an activating group) is 1. The molecule has 2 N–H and O–H groups in total. The fourth-order valence-electron chi connectivity index (χ4n) is 7.44. The standard InChI is InChI=1S/C49H55ClN4O10/c1-53(25-28-64-38-17-15-37(16-18-38)45(36-11-6-3-7-12-36)39(21-23-50)35-9-4-2-5-10-35)44(56)22-26-60-29-31-62-33-34-63-32-30-61-27-24-51-41-14-8-13-40-46(41)49(59)54(48(40)58)42-19-20-43(55)52-47(42)57/h2-18,42,51H,19-34H2,1H3,(H,52,55,57). The van der Waals surface area contributed by atoms with Gasteiger partial charge in [0.25, 0.3) is 11.8 Å². The second-order valence-corrected chi connectivity index (χ2v) is 15.4. The van der Waals surface area contributed by atoms with Gasteiger partial charge < -0.3 is 33.9 Å². The summed E-state index contributed by atoms with van der Waals surface area (Å²) in [6.45, 7) is 3.95. The van der Waals surface area contributed by atoms with Crippen molar-refractivity contribution in [1.29, 1.82) is 0 Å². The SMILES string of the molecule is CN(CCOc1ccc(C(=C(CCCl)c2ccccc2)c2ccccc2)cc1)C(=O)CCOCCOCCOCCOCCNc1cccc2c1C(=O)N(C1CCC(=O)NC1=O)C2=O. The van der Waals surface area contributed by atoms with E-state index in [9.17, 15) is 24.0 Å². The zero-order valence-electron chi connectivity index (χ0n) is 36.1. The zero-order valence-corrected chi connectivity index (χ0v) is 36.8. The molecule has 64 heavy (non-hydrogen) atoms. The first kappa shape index (κ1) is 47.6. The largest absolute Gasteiger partial charge is 0.492 e. The maximum atomic E-state index is 13.2. The van der Waals surface area contributed by atoms with E-state index in [2.05, 4.69) is 47.0 Å². The van der Waals surface area contributed by atoms with Crippen molar-refractivity contribution in [1.82, 2.24) is 15.1 Å². The van der Waals surface area contributed by atoms with Gasteiger partial charge in [-0.3, -0.25) is 34.2 Å². The molecule has 1 saturated heterocycles. The van der Waals surface area contributed by atoms with Crippen LogP contribution >= 0.6 is 11.6 Å². The Morgan fingerprint density at radius 1 is 0.703 bits per heavy atom.